The van der Waals surface area contributed by atoms with Gasteiger partial charge in [-0.25, -0.2) is 15.0 Å². The molecule has 1 fully saturated rings. The molecule has 5 rings (SSSR count). The molecule has 2 aliphatic heterocycles. The number of rotatable bonds is 8. The lowest BCUT2D eigenvalue weighted by atomic mass is 10.00. The van der Waals surface area contributed by atoms with Crippen molar-refractivity contribution in [2.24, 2.45) is 9.98 Å². The van der Waals surface area contributed by atoms with Gasteiger partial charge in [-0.3, -0.25) is 4.90 Å². The Morgan fingerprint density at radius 3 is 2.84 bits per heavy atom. The molecule has 1 aromatic carbocycles. The first-order valence-electron chi connectivity index (χ1n) is 13.2. The minimum absolute atomic E-state index is 0.417. The number of anilines is 1. The second-order valence-corrected chi connectivity index (χ2v) is 10.0. The van der Waals surface area contributed by atoms with Crippen molar-refractivity contribution < 1.29 is 5.11 Å². The average Bonchev–Trinajstić information content (AvgIpc) is 3.30. The van der Waals surface area contributed by atoms with E-state index >= 15 is 0 Å². The average molecular weight is 500 g/mol. The number of nitrogens with zero attached hydrogens (tertiary/aromatic N) is 5. The highest BCUT2D eigenvalue weighted by Crippen LogP contribution is 2.30. The van der Waals surface area contributed by atoms with Crippen LogP contribution in [-0.4, -0.2) is 70.9 Å². The van der Waals surface area contributed by atoms with Crippen molar-refractivity contribution in [2.75, 3.05) is 38.0 Å². The van der Waals surface area contributed by atoms with E-state index in [1.165, 1.54) is 11.1 Å². The van der Waals surface area contributed by atoms with Crippen LogP contribution in [0.4, 0.5) is 11.6 Å². The van der Waals surface area contributed by atoms with Crippen LogP contribution in [0.3, 0.4) is 0 Å². The van der Waals surface area contributed by atoms with Gasteiger partial charge < -0.3 is 20.3 Å². The van der Waals surface area contributed by atoms with E-state index in [0.717, 1.165) is 62.4 Å². The number of benzene rings is 1. The Bertz CT molecular complexity index is 1240. The zero-order valence-electron chi connectivity index (χ0n) is 21.6. The van der Waals surface area contributed by atoms with Crippen LogP contribution in [0.2, 0.25) is 0 Å². The quantitative estimate of drug-likeness (QED) is 0.325. The van der Waals surface area contributed by atoms with E-state index in [4.69, 9.17) is 4.99 Å². The van der Waals surface area contributed by atoms with E-state index in [1.807, 2.05) is 12.1 Å². The number of aryl methyl sites for hydroxylation is 1. The molecular formula is C29H37N7O. The molecule has 194 valence electrons. The van der Waals surface area contributed by atoms with Crippen molar-refractivity contribution in [1.29, 1.82) is 0 Å². The summed E-state index contributed by atoms with van der Waals surface area (Å²) < 4.78 is 2.27. The van der Waals surface area contributed by atoms with Crippen LogP contribution in [0.5, 0.6) is 0 Å². The van der Waals surface area contributed by atoms with Crippen molar-refractivity contribution in [2.45, 2.75) is 44.9 Å². The lowest BCUT2D eigenvalue weighted by molar-refractivity contribution is 0.114. The zero-order chi connectivity index (χ0) is 25.6. The molecule has 0 saturated carbocycles. The van der Waals surface area contributed by atoms with E-state index in [9.17, 15) is 5.11 Å². The molecule has 0 bridgehead atoms. The first-order valence-corrected chi connectivity index (χ1v) is 13.2. The number of amidine groups is 1. The van der Waals surface area contributed by atoms with Crippen LogP contribution in [0.15, 0.2) is 64.8 Å². The predicted molar refractivity (Wildman–Crippen MR) is 150 cm³/mol. The number of aromatic nitrogens is 2. The predicted octanol–water partition coefficient (Wildman–Crippen LogP) is 3.73. The van der Waals surface area contributed by atoms with Crippen LogP contribution in [0, 0.1) is 6.92 Å². The van der Waals surface area contributed by atoms with Crippen molar-refractivity contribution in [3.8, 4) is 0 Å². The van der Waals surface area contributed by atoms with Crippen molar-refractivity contribution in [1.82, 2.24) is 19.8 Å². The highest BCUT2D eigenvalue weighted by atomic mass is 16.3. The first-order chi connectivity index (χ1) is 18.1. The summed E-state index contributed by atoms with van der Waals surface area (Å²) in [6, 6.07) is 14.9. The molecule has 2 aromatic heterocycles. The van der Waals surface area contributed by atoms with Gasteiger partial charge in [-0.1, -0.05) is 24.3 Å². The maximum absolute atomic E-state index is 10.7. The Hall–Kier alpha value is -3.33. The molecule has 8 heteroatoms. The highest BCUT2D eigenvalue weighted by molar-refractivity contribution is 6.03. The molecule has 1 saturated heterocycles. The van der Waals surface area contributed by atoms with Crippen molar-refractivity contribution in [3.05, 3.63) is 77.1 Å². The lowest BCUT2D eigenvalue weighted by Gasteiger charge is -2.30. The second-order valence-electron chi connectivity index (χ2n) is 10.0. The van der Waals surface area contributed by atoms with E-state index in [1.54, 1.807) is 6.20 Å². The van der Waals surface area contributed by atoms with E-state index < -0.39 is 6.10 Å². The summed E-state index contributed by atoms with van der Waals surface area (Å²) in [6.07, 6.45) is 6.57. The van der Waals surface area contributed by atoms with Gasteiger partial charge in [-0.2, -0.15) is 0 Å². The fourth-order valence-corrected chi connectivity index (χ4v) is 5.32. The molecule has 0 amide bonds. The topological polar surface area (TPSA) is 90.1 Å². The van der Waals surface area contributed by atoms with Crippen LogP contribution in [0.25, 0.3) is 0 Å². The molecule has 0 radical (unpaired) electrons. The maximum Gasteiger partial charge on any atom is 0.161 e. The number of fused-ring (bicyclic) bond motifs is 1. The monoisotopic (exact) mass is 499 g/mol. The van der Waals surface area contributed by atoms with Gasteiger partial charge in [0, 0.05) is 50.2 Å². The number of pyridine rings is 1. The number of piperidine rings is 1. The number of hydrogen-bond acceptors (Lipinski definition) is 6. The number of nitrogens with one attached hydrogen (secondary N) is 2. The van der Waals surface area contributed by atoms with Crippen LogP contribution >= 0.6 is 0 Å². The minimum Gasteiger partial charge on any atom is -0.390 e. The second kappa shape index (κ2) is 11.8. The molecule has 0 spiro atoms. The molecule has 3 aromatic rings. The number of aliphatic hydroxyl groups is 1. The van der Waals surface area contributed by atoms with Crippen molar-refractivity contribution >= 4 is 24.2 Å². The van der Waals surface area contributed by atoms with Gasteiger partial charge >= 0.3 is 0 Å². The van der Waals surface area contributed by atoms with Gasteiger partial charge in [0.05, 0.1) is 6.10 Å². The molecule has 3 N–H and O–H groups in total. The Kier molecular flexibility index (Phi) is 8.08. The van der Waals surface area contributed by atoms with Gasteiger partial charge in [0.15, 0.2) is 5.84 Å². The zero-order valence-corrected chi connectivity index (χ0v) is 21.6. The van der Waals surface area contributed by atoms with Crippen LogP contribution < -0.4 is 10.6 Å². The Morgan fingerprint density at radius 2 is 2.03 bits per heavy atom. The largest absolute Gasteiger partial charge is 0.390 e. The molecule has 0 aliphatic carbocycles. The SMILES string of the molecule is C=N/C(=N\c1c(C)ccn1C1CCNCC1)c1ccnc(NCC(O)CN2CCc3ccccc3C2)c1. The van der Waals surface area contributed by atoms with Crippen LogP contribution in [-0.2, 0) is 13.0 Å². The summed E-state index contributed by atoms with van der Waals surface area (Å²) in [5, 5.41) is 17.4. The van der Waals surface area contributed by atoms with Gasteiger partial charge in [-0.05, 0) is 80.9 Å². The van der Waals surface area contributed by atoms with E-state index in [0.29, 0.717) is 30.8 Å². The summed E-state index contributed by atoms with van der Waals surface area (Å²) in [6.45, 7) is 10.8. The van der Waals surface area contributed by atoms with Gasteiger partial charge in [0.25, 0.3) is 0 Å². The Labute approximate surface area is 219 Å². The molecule has 8 nitrogen and oxygen atoms in total. The van der Waals surface area contributed by atoms with Crippen LogP contribution in [0.1, 0.15) is 41.1 Å². The summed E-state index contributed by atoms with van der Waals surface area (Å²) in [4.78, 5) is 15.9. The standard InChI is InChI=1S/C29H37N7O/c1-21-10-16-36(25-8-12-31-13-9-25)29(21)34-28(30-2)23-7-14-32-27(17-23)33-18-26(37)20-35-15-11-22-5-3-4-6-24(22)19-35/h3-7,10,14,16-17,25-26,31,37H,2,8-9,11-13,15,18-20H2,1H3,(H,32,33)/b34-28-. The van der Waals surface area contributed by atoms with E-state index in [-0.39, 0.29) is 0 Å². The van der Waals surface area contributed by atoms with E-state index in [2.05, 4.69) is 80.2 Å². The van der Waals surface area contributed by atoms with Crippen molar-refractivity contribution in [3.63, 3.8) is 0 Å². The fourth-order valence-electron chi connectivity index (χ4n) is 5.32. The summed E-state index contributed by atoms with van der Waals surface area (Å²) in [5.74, 6) is 2.18. The number of hydrogen-bond donors (Lipinski definition) is 3. The third kappa shape index (κ3) is 6.15. The highest BCUT2D eigenvalue weighted by Gasteiger charge is 2.20. The Balaban J connectivity index is 1.23. The number of aliphatic hydroxyl groups excluding tert-OH is 1. The normalized spacial score (nSPS) is 17.8. The molecule has 4 heterocycles. The third-order valence-electron chi connectivity index (χ3n) is 7.36. The maximum atomic E-state index is 10.7. The first kappa shape index (κ1) is 25.3. The fraction of sp³-hybridized carbons (Fsp3) is 0.414. The smallest absolute Gasteiger partial charge is 0.161 e. The van der Waals surface area contributed by atoms with Gasteiger partial charge in [-0.15, -0.1) is 0 Å². The molecule has 2 aliphatic rings. The minimum atomic E-state index is -0.503. The molecular weight excluding hydrogens is 462 g/mol. The number of β-amino-alcohol motifs (C(OH)–C–C–N with tert-alkyl or cyclic N) is 1. The molecule has 37 heavy (non-hydrogen) atoms. The Morgan fingerprint density at radius 1 is 1.22 bits per heavy atom. The summed E-state index contributed by atoms with van der Waals surface area (Å²) >= 11 is 0. The third-order valence-corrected chi connectivity index (χ3v) is 7.36. The number of aliphatic imine (C=N–C) groups is 2. The molecule has 1 unspecified atom stereocenters. The molecule has 1 atom stereocenters. The summed E-state index contributed by atoms with van der Waals surface area (Å²) in [7, 11) is 0. The van der Waals surface area contributed by atoms with Gasteiger partial charge in [0.2, 0.25) is 0 Å². The van der Waals surface area contributed by atoms with Gasteiger partial charge in [0.1, 0.15) is 11.6 Å². The summed E-state index contributed by atoms with van der Waals surface area (Å²) in [5.41, 5.74) is 4.73. The lowest BCUT2D eigenvalue weighted by Crippen LogP contribution is -2.39.